The molecule has 0 aliphatic heterocycles. The number of likely N-dealkylation sites (N-methyl/N-ethyl adjacent to an activating group) is 1. The number of halogens is 1. The Hall–Kier alpha value is -0.910. The number of hydrogen-bond donors (Lipinski definition) is 1. The van der Waals surface area contributed by atoms with Gasteiger partial charge in [0.2, 0.25) is 5.28 Å². The lowest BCUT2D eigenvalue weighted by molar-refractivity contribution is 0.300. The molecule has 0 radical (unpaired) electrons. The molecule has 2 aromatic rings. The van der Waals surface area contributed by atoms with Crippen molar-refractivity contribution in [1.82, 2.24) is 14.9 Å². The summed E-state index contributed by atoms with van der Waals surface area (Å²) >= 11 is 7.63. The molecule has 2 rings (SSSR count). The maximum Gasteiger partial charge on any atom is 0.225 e. The Morgan fingerprint density at radius 3 is 2.80 bits per heavy atom. The molecule has 2 aromatic heterocycles. The first-order valence-electron chi connectivity index (χ1n) is 7.04. The van der Waals surface area contributed by atoms with Gasteiger partial charge in [-0.15, -0.1) is 11.3 Å². The van der Waals surface area contributed by atoms with Crippen LogP contribution < -0.4 is 5.32 Å². The fourth-order valence-corrected chi connectivity index (χ4v) is 3.33. The summed E-state index contributed by atoms with van der Waals surface area (Å²) in [5.41, 5.74) is 0. The number of hydrogen-bond acceptors (Lipinski definition) is 5. The van der Waals surface area contributed by atoms with Gasteiger partial charge >= 0.3 is 0 Å². The standard InChI is InChI=1S/C14H21ClN4S/c1-4-7-19(5-2)8-6-16-12-11-9-10(3)20-13(11)18-14(15)17-12/h9H,4-8H2,1-3H3,(H,16,17,18). The van der Waals surface area contributed by atoms with E-state index in [4.69, 9.17) is 11.6 Å². The monoisotopic (exact) mass is 312 g/mol. The van der Waals surface area contributed by atoms with E-state index in [2.05, 4.69) is 47.0 Å². The summed E-state index contributed by atoms with van der Waals surface area (Å²) in [5, 5.41) is 4.77. The Labute approximate surface area is 129 Å². The van der Waals surface area contributed by atoms with Crippen molar-refractivity contribution in [2.75, 3.05) is 31.5 Å². The first kappa shape index (κ1) is 15.5. The molecule has 4 nitrogen and oxygen atoms in total. The third-order valence-electron chi connectivity index (χ3n) is 3.20. The molecule has 1 N–H and O–H groups in total. The highest BCUT2D eigenvalue weighted by atomic mass is 35.5. The van der Waals surface area contributed by atoms with E-state index in [1.165, 1.54) is 11.3 Å². The average molecular weight is 313 g/mol. The molecule has 6 heteroatoms. The predicted molar refractivity (Wildman–Crippen MR) is 88.1 cm³/mol. The summed E-state index contributed by atoms with van der Waals surface area (Å²) in [7, 11) is 0. The molecule has 0 spiro atoms. The van der Waals surface area contributed by atoms with E-state index in [-0.39, 0.29) is 0 Å². The summed E-state index contributed by atoms with van der Waals surface area (Å²) < 4.78 is 0. The Morgan fingerprint density at radius 2 is 2.10 bits per heavy atom. The van der Waals surface area contributed by atoms with Crippen molar-refractivity contribution in [3.05, 3.63) is 16.2 Å². The van der Waals surface area contributed by atoms with Crippen LogP contribution in [0.5, 0.6) is 0 Å². The summed E-state index contributed by atoms with van der Waals surface area (Å²) in [4.78, 5) is 13.2. The zero-order valence-corrected chi connectivity index (χ0v) is 13.8. The van der Waals surface area contributed by atoms with Crippen molar-refractivity contribution in [2.24, 2.45) is 0 Å². The molecule has 0 saturated carbocycles. The van der Waals surface area contributed by atoms with E-state index in [9.17, 15) is 0 Å². The summed E-state index contributed by atoms with van der Waals surface area (Å²) in [6.45, 7) is 10.6. The molecule has 0 aliphatic rings. The quantitative estimate of drug-likeness (QED) is 0.790. The van der Waals surface area contributed by atoms with Crippen LogP contribution in [0.2, 0.25) is 5.28 Å². The van der Waals surface area contributed by atoms with Gasteiger partial charge in [0.25, 0.3) is 0 Å². The third-order valence-corrected chi connectivity index (χ3v) is 4.31. The second-order valence-electron chi connectivity index (χ2n) is 4.78. The number of nitrogens with zero attached hydrogens (tertiary/aromatic N) is 3. The van der Waals surface area contributed by atoms with Gasteiger partial charge in [-0.1, -0.05) is 13.8 Å². The van der Waals surface area contributed by atoms with E-state index in [1.54, 1.807) is 11.3 Å². The minimum absolute atomic E-state index is 0.308. The predicted octanol–water partition coefficient (Wildman–Crippen LogP) is 3.80. The van der Waals surface area contributed by atoms with Gasteiger partial charge in [-0.25, -0.2) is 9.97 Å². The Bertz CT molecular complexity index is 570. The molecule has 0 amide bonds. The molecular formula is C14H21ClN4S. The maximum absolute atomic E-state index is 5.99. The van der Waals surface area contributed by atoms with E-state index in [0.717, 1.165) is 42.2 Å². The second-order valence-corrected chi connectivity index (χ2v) is 6.35. The van der Waals surface area contributed by atoms with E-state index >= 15 is 0 Å². The fourth-order valence-electron chi connectivity index (χ4n) is 2.23. The molecule has 0 atom stereocenters. The van der Waals surface area contributed by atoms with Crippen LogP contribution in [0.3, 0.4) is 0 Å². The minimum Gasteiger partial charge on any atom is -0.368 e. The van der Waals surface area contributed by atoms with Gasteiger partial charge in [0.05, 0.1) is 5.39 Å². The van der Waals surface area contributed by atoms with Crippen LogP contribution in [-0.2, 0) is 0 Å². The smallest absolute Gasteiger partial charge is 0.225 e. The number of nitrogens with one attached hydrogen (secondary N) is 1. The summed E-state index contributed by atoms with van der Waals surface area (Å²) in [5.74, 6) is 0.844. The van der Waals surface area contributed by atoms with E-state index < -0.39 is 0 Å². The first-order chi connectivity index (χ1) is 9.63. The van der Waals surface area contributed by atoms with Gasteiger partial charge in [0, 0.05) is 18.0 Å². The van der Waals surface area contributed by atoms with Gasteiger partial charge in [-0.05, 0) is 44.1 Å². The van der Waals surface area contributed by atoms with Crippen molar-refractivity contribution < 1.29 is 0 Å². The highest BCUT2D eigenvalue weighted by molar-refractivity contribution is 7.18. The Balaban J connectivity index is 2.05. The minimum atomic E-state index is 0.308. The zero-order chi connectivity index (χ0) is 14.5. The van der Waals surface area contributed by atoms with Gasteiger partial charge in [0.15, 0.2) is 0 Å². The van der Waals surface area contributed by atoms with E-state index in [0.29, 0.717) is 5.28 Å². The maximum atomic E-state index is 5.99. The van der Waals surface area contributed by atoms with Crippen LogP contribution in [0.1, 0.15) is 25.1 Å². The first-order valence-corrected chi connectivity index (χ1v) is 8.23. The SMILES string of the molecule is CCCN(CC)CCNc1nc(Cl)nc2sc(C)cc12. The lowest BCUT2D eigenvalue weighted by atomic mass is 10.3. The normalized spacial score (nSPS) is 11.4. The molecule has 2 heterocycles. The molecule has 0 aromatic carbocycles. The number of fused-ring (bicyclic) bond motifs is 1. The highest BCUT2D eigenvalue weighted by Gasteiger charge is 2.09. The van der Waals surface area contributed by atoms with Crippen LogP contribution in [0, 0.1) is 6.92 Å². The molecule has 110 valence electrons. The Morgan fingerprint density at radius 1 is 1.30 bits per heavy atom. The van der Waals surface area contributed by atoms with Crippen molar-refractivity contribution in [2.45, 2.75) is 27.2 Å². The van der Waals surface area contributed by atoms with Crippen molar-refractivity contribution in [3.8, 4) is 0 Å². The Kier molecular flexibility index (Phi) is 5.57. The zero-order valence-electron chi connectivity index (χ0n) is 12.2. The molecule has 20 heavy (non-hydrogen) atoms. The van der Waals surface area contributed by atoms with Crippen LogP contribution >= 0.6 is 22.9 Å². The number of thiophene rings is 1. The van der Waals surface area contributed by atoms with Crippen LogP contribution in [0.25, 0.3) is 10.2 Å². The summed E-state index contributed by atoms with van der Waals surface area (Å²) in [6, 6.07) is 2.11. The lowest BCUT2D eigenvalue weighted by Gasteiger charge is -2.19. The molecule has 0 saturated heterocycles. The number of anilines is 1. The lowest BCUT2D eigenvalue weighted by Crippen LogP contribution is -2.29. The van der Waals surface area contributed by atoms with Gasteiger partial charge in [-0.2, -0.15) is 0 Å². The van der Waals surface area contributed by atoms with Crippen molar-refractivity contribution in [1.29, 1.82) is 0 Å². The van der Waals surface area contributed by atoms with Crippen LogP contribution in [0.4, 0.5) is 5.82 Å². The summed E-state index contributed by atoms with van der Waals surface area (Å²) in [6.07, 6.45) is 1.18. The largest absolute Gasteiger partial charge is 0.368 e. The molecule has 0 fully saturated rings. The second kappa shape index (κ2) is 7.20. The van der Waals surface area contributed by atoms with Gasteiger partial charge in [-0.3, -0.25) is 0 Å². The van der Waals surface area contributed by atoms with Crippen molar-refractivity contribution in [3.63, 3.8) is 0 Å². The van der Waals surface area contributed by atoms with E-state index in [1.807, 2.05) is 0 Å². The molecule has 0 aliphatic carbocycles. The number of rotatable bonds is 7. The third kappa shape index (κ3) is 3.81. The molecule has 0 bridgehead atoms. The fraction of sp³-hybridized carbons (Fsp3) is 0.571. The van der Waals surface area contributed by atoms with Crippen molar-refractivity contribution >= 4 is 39.0 Å². The highest BCUT2D eigenvalue weighted by Crippen LogP contribution is 2.29. The number of aromatic nitrogens is 2. The molecular weight excluding hydrogens is 292 g/mol. The van der Waals surface area contributed by atoms with Crippen LogP contribution in [-0.4, -0.2) is 41.0 Å². The molecule has 0 unspecified atom stereocenters. The average Bonchev–Trinajstić information content (AvgIpc) is 2.77. The van der Waals surface area contributed by atoms with Gasteiger partial charge < -0.3 is 10.2 Å². The van der Waals surface area contributed by atoms with Gasteiger partial charge in [0.1, 0.15) is 10.6 Å². The number of aryl methyl sites for hydroxylation is 1. The topological polar surface area (TPSA) is 41.0 Å². The van der Waals surface area contributed by atoms with Crippen LogP contribution in [0.15, 0.2) is 6.07 Å².